The van der Waals surface area contributed by atoms with Crippen molar-refractivity contribution in [1.82, 2.24) is 0 Å². The number of benzene rings is 3. The van der Waals surface area contributed by atoms with Gasteiger partial charge >= 0.3 is 26.5 Å². The molecule has 3 aromatic carbocycles. The van der Waals surface area contributed by atoms with Gasteiger partial charge in [0.1, 0.15) is 11.5 Å². The monoisotopic (exact) mass is 317 g/mol. The van der Waals surface area contributed by atoms with Gasteiger partial charge in [0.15, 0.2) is 0 Å². The molecule has 0 saturated heterocycles. The van der Waals surface area contributed by atoms with Crippen LogP contribution in [0.2, 0.25) is 0 Å². The predicted octanol–water partition coefficient (Wildman–Crippen LogP) is 3.81. The third kappa shape index (κ3) is 4.53. The molecule has 0 aliphatic carbocycles. The number of hydrogen-bond donors (Lipinski definition) is 0. The van der Waals surface area contributed by atoms with Gasteiger partial charge in [-0.1, -0.05) is 54.6 Å². The fourth-order valence-electron chi connectivity index (χ4n) is 1.91. The number of rotatable bonds is 5. The number of para-hydroxylation sites is 2. The molecule has 0 unspecified atom stereocenters. The summed E-state index contributed by atoms with van der Waals surface area (Å²) in [6, 6.07) is 27.8. The molecular weight excluding hydrogens is 302 g/mol. The van der Waals surface area contributed by atoms with E-state index in [0.717, 1.165) is 0 Å². The van der Waals surface area contributed by atoms with Gasteiger partial charge in [-0.3, -0.25) is 0 Å². The van der Waals surface area contributed by atoms with E-state index in [1.807, 2.05) is 36.4 Å². The molecule has 0 bridgehead atoms. The van der Waals surface area contributed by atoms with Crippen molar-refractivity contribution in [2.24, 2.45) is 0 Å². The fourth-order valence-corrected chi connectivity index (χ4v) is 3.45. The third-order valence-corrected chi connectivity index (χ3v) is 4.70. The molecule has 1 radical (unpaired) electrons. The van der Waals surface area contributed by atoms with Gasteiger partial charge in [-0.15, -0.1) is 0 Å². The molecule has 5 heteroatoms. The van der Waals surface area contributed by atoms with Crippen LogP contribution in [0.15, 0.2) is 84.9 Å². The number of hydrogen-bond acceptors (Lipinski definition) is 3. The normalized spacial score (nSPS) is 10.4. The van der Waals surface area contributed by atoms with Gasteiger partial charge in [0, 0.05) is 6.07 Å². The second-order valence-corrected chi connectivity index (χ2v) is 6.40. The minimum absolute atomic E-state index is 0. The van der Waals surface area contributed by atoms with Crippen LogP contribution in [0.1, 0.15) is 0 Å². The quantitative estimate of drug-likeness (QED) is 0.530. The summed E-state index contributed by atoms with van der Waals surface area (Å²) in [5.41, 5.74) is 0. The Balaban J connectivity index is 0.00000192. The summed E-state index contributed by atoms with van der Waals surface area (Å²) >= 11 is 0. The minimum atomic E-state index is -3.57. The molecule has 0 aliphatic heterocycles. The molecule has 111 valence electrons. The average molecular weight is 317 g/mol. The summed E-state index contributed by atoms with van der Waals surface area (Å²) < 4.78 is 24.7. The molecule has 0 saturated carbocycles. The Kier molecular flexibility index (Phi) is 6.13. The molecular formula is C18H15LiO3P. The third-order valence-electron chi connectivity index (χ3n) is 2.93. The van der Waals surface area contributed by atoms with Crippen molar-refractivity contribution in [3.05, 3.63) is 91.0 Å². The molecule has 0 heterocycles. The fraction of sp³-hybridized carbons (Fsp3) is 0. The van der Waals surface area contributed by atoms with E-state index in [1.54, 1.807) is 48.5 Å². The van der Waals surface area contributed by atoms with Gasteiger partial charge < -0.3 is 9.05 Å². The predicted molar refractivity (Wildman–Crippen MR) is 93.8 cm³/mol. The maximum atomic E-state index is 13.3. The molecule has 3 nitrogen and oxygen atoms in total. The standard InChI is InChI=1S/C18H14O3P.Li.H/c19-22(18-14-8-3-9-15-18,20-16-10-4-1-5-11-16)21-17-12-6-2-7-13-17;;/h1-14H;;. The van der Waals surface area contributed by atoms with E-state index in [9.17, 15) is 4.57 Å². The molecule has 0 amide bonds. The van der Waals surface area contributed by atoms with Crippen LogP contribution >= 0.6 is 7.60 Å². The summed E-state index contributed by atoms with van der Waals surface area (Å²) in [7, 11) is -3.57. The van der Waals surface area contributed by atoms with E-state index in [1.165, 1.54) is 0 Å². The summed E-state index contributed by atoms with van der Waals surface area (Å²) in [5.74, 6) is 0.970. The van der Waals surface area contributed by atoms with Crippen LogP contribution in [-0.4, -0.2) is 18.9 Å². The van der Waals surface area contributed by atoms with Crippen molar-refractivity contribution in [3.63, 3.8) is 0 Å². The summed E-state index contributed by atoms with van der Waals surface area (Å²) in [6.45, 7) is 0. The second kappa shape index (κ2) is 8.08. The van der Waals surface area contributed by atoms with E-state index < -0.39 is 7.60 Å². The Bertz CT molecular complexity index is 719. The van der Waals surface area contributed by atoms with Gasteiger partial charge in [0.05, 0.1) is 5.30 Å². The Labute approximate surface area is 148 Å². The van der Waals surface area contributed by atoms with E-state index in [0.29, 0.717) is 16.8 Å². The molecule has 0 spiro atoms. The van der Waals surface area contributed by atoms with Gasteiger partial charge in [0.25, 0.3) is 0 Å². The van der Waals surface area contributed by atoms with Crippen LogP contribution in [0.3, 0.4) is 0 Å². The van der Waals surface area contributed by atoms with Crippen LogP contribution in [0.25, 0.3) is 0 Å². The molecule has 0 aliphatic rings. The van der Waals surface area contributed by atoms with Crippen molar-refractivity contribution in [1.29, 1.82) is 0 Å². The zero-order chi connectivity index (χ0) is 15.3. The molecule has 0 atom stereocenters. The summed E-state index contributed by atoms with van der Waals surface area (Å²) in [4.78, 5) is 0. The van der Waals surface area contributed by atoms with Crippen molar-refractivity contribution in [2.45, 2.75) is 0 Å². The molecule has 3 aromatic rings. The first-order valence-electron chi connectivity index (χ1n) is 6.83. The van der Waals surface area contributed by atoms with Gasteiger partial charge in [-0.25, -0.2) is 4.57 Å². The van der Waals surface area contributed by atoms with Crippen molar-refractivity contribution in [2.75, 3.05) is 0 Å². The average Bonchev–Trinajstić information content (AvgIpc) is 2.57. The van der Waals surface area contributed by atoms with Crippen LogP contribution in [-0.2, 0) is 4.57 Å². The van der Waals surface area contributed by atoms with Crippen molar-refractivity contribution < 1.29 is 13.6 Å². The van der Waals surface area contributed by atoms with Gasteiger partial charge in [-0.05, 0) is 30.3 Å². The Morgan fingerprint density at radius 3 is 1.61 bits per heavy atom. The first-order chi connectivity index (χ1) is 10.8. The van der Waals surface area contributed by atoms with Gasteiger partial charge in [0.2, 0.25) is 0 Å². The van der Waals surface area contributed by atoms with Crippen molar-refractivity contribution in [3.8, 4) is 11.5 Å². The molecule has 0 N–H and O–H groups in total. The summed E-state index contributed by atoms with van der Waals surface area (Å²) in [5, 5.41) is 0.391. The van der Waals surface area contributed by atoms with E-state index in [2.05, 4.69) is 6.07 Å². The molecule has 3 rings (SSSR count). The van der Waals surface area contributed by atoms with E-state index in [4.69, 9.17) is 9.05 Å². The SMILES string of the molecule is O=P(Oc1ccccc1)(Oc1ccccc1)c1[c]cccc1.[LiH]. The molecule has 0 aromatic heterocycles. The molecule has 23 heavy (non-hydrogen) atoms. The van der Waals surface area contributed by atoms with Gasteiger partial charge in [-0.2, -0.15) is 0 Å². The van der Waals surface area contributed by atoms with Crippen LogP contribution in [0.5, 0.6) is 11.5 Å². The Morgan fingerprint density at radius 2 is 1.17 bits per heavy atom. The topological polar surface area (TPSA) is 35.5 Å². The summed E-state index contributed by atoms with van der Waals surface area (Å²) in [6.07, 6.45) is 0. The van der Waals surface area contributed by atoms with E-state index in [-0.39, 0.29) is 18.9 Å². The molecule has 0 fully saturated rings. The second-order valence-electron chi connectivity index (χ2n) is 4.55. The van der Waals surface area contributed by atoms with Crippen LogP contribution < -0.4 is 14.4 Å². The van der Waals surface area contributed by atoms with Crippen LogP contribution in [0.4, 0.5) is 0 Å². The zero-order valence-electron chi connectivity index (χ0n) is 11.8. The first kappa shape index (κ1) is 17.4. The first-order valence-corrected chi connectivity index (χ1v) is 8.37. The Morgan fingerprint density at radius 1 is 0.696 bits per heavy atom. The zero-order valence-corrected chi connectivity index (χ0v) is 12.6. The van der Waals surface area contributed by atoms with Crippen LogP contribution in [0, 0.1) is 6.07 Å². The Hall–Kier alpha value is -1.91. The van der Waals surface area contributed by atoms with Crippen molar-refractivity contribution >= 4 is 31.8 Å². The van der Waals surface area contributed by atoms with E-state index >= 15 is 0 Å². The maximum absolute atomic E-state index is 13.3.